The number of hydrogen-bond donors (Lipinski definition) is 1. The molecule has 1 aromatic carbocycles. The number of aryl methyl sites for hydroxylation is 1. The predicted octanol–water partition coefficient (Wildman–Crippen LogP) is 3.02. The molecule has 1 unspecified atom stereocenters. The van der Waals surface area contributed by atoms with Crippen molar-refractivity contribution in [2.75, 3.05) is 0 Å². The lowest BCUT2D eigenvalue weighted by atomic mass is 10.2. The van der Waals surface area contributed by atoms with Gasteiger partial charge in [-0.05, 0) is 32.0 Å². The van der Waals surface area contributed by atoms with Gasteiger partial charge in [0, 0.05) is 11.1 Å². The Kier molecular flexibility index (Phi) is 4.64. The van der Waals surface area contributed by atoms with Crippen LogP contribution in [0.5, 0.6) is 0 Å². The van der Waals surface area contributed by atoms with Gasteiger partial charge in [0.15, 0.2) is 0 Å². The molecule has 2 aromatic rings. The molecule has 0 aliphatic rings. The van der Waals surface area contributed by atoms with Crippen molar-refractivity contribution in [3.8, 4) is 6.07 Å². The molecule has 0 bridgehead atoms. The Labute approximate surface area is 132 Å². The van der Waals surface area contributed by atoms with Gasteiger partial charge in [-0.1, -0.05) is 11.6 Å². The summed E-state index contributed by atoms with van der Waals surface area (Å²) < 4.78 is 27.2. The number of sulfonamides is 1. The number of nitrogens with zero attached hydrogens (tertiary/aromatic N) is 2. The summed E-state index contributed by atoms with van der Waals surface area (Å²) in [5.41, 5.74) is 0.308. The maximum atomic E-state index is 12.3. The van der Waals surface area contributed by atoms with Gasteiger partial charge in [-0.2, -0.15) is 5.26 Å². The molecule has 21 heavy (non-hydrogen) atoms. The summed E-state index contributed by atoms with van der Waals surface area (Å²) in [5.74, 6) is 0. The molecule has 0 fully saturated rings. The Morgan fingerprint density at radius 1 is 1.48 bits per heavy atom. The molecule has 8 heteroatoms. The molecule has 110 valence electrons. The van der Waals surface area contributed by atoms with Gasteiger partial charge < -0.3 is 0 Å². The number of hydrogen-bond acceptors (Lipinski definition) is 5. The Balaban J connectivity index is 2.28. The van der Waals surface area contributed by atoms with E-state index >= 15 is 0 Å². The summed E-state index contributed by atoms with van der Waals surface area (Å²) >= 11 is 7.37. The molecular formula is C13H12ClN3O2S2. The summed E-state index contributed by atoms with van der Waals surface area (Å²) in [5, 5.41) is 9.47. The molecule has 2 rings (SSSR count). The van der Waals surface area contributed by atoms with E-state index in [1.54, 1.807) is 13.1 Å². The topological polar surface area (TPSA) is 82.8 Å². The first-order valence-corrected chi connectivity index (χ1v) is 8.65. The zero-order valence-electron chi connectivity index (χ0n) is 11.3. The van der Waals surface area contributed by atoms with E-state index < -0.39 is 16.1 Å². The highest BCUT2D eigenvalue weighted by Gasteiger charge is 2.22. The number of halogens is 1. The lowest BCUT2D eigenvalue weighted by molar-refractivity contribution is 0.566. The SMILES string of the molecule is Cc1cnc(C(C)NS(=O)(=O)c2ccc(C#N)cc2Cl)s1. The fraction of sp³-hybridized carbons (Fsp3) is 0.231. The highest BCUT2D eigenvalue weighted by molar-refractivity contribution is 7.89. The first-order valence-electron chi connectivity index (χ1n) is 5.98. The van der Waals surface area contributed by atoms with Crippen LogP contribution in [0.4, 0.5) is 0 Å². The van der Waals surface area contributed by atoms with Gasteiger partial charge in [0.2, 0.25) is 10.0 Å². The molecule has 0 radical (unpaired) electrons. The van der Waals surface area contributed by atoms with E-state index in [0.29, 0.717) is 10.6 Å². The standard InChI is InChI=1S/C13H12ClN3O2S2/c1-8-7-16-13(20-8)9(2)17-21(18,19)12-4-3-10(6-15)5-11(12)14/h3-5,7,9,17H,1-2H3. The van der Waals surface area contributed by atoms with Crippen LogP contribution < -0.4 is 4.72 Å². The fourth-order valence-electron chi connectivity index (χ4n) is 1.71. The van der Waals surface area contributed by atoms with Crippen molar-refractivity contribution < 1.29 is 8.42 Å². The Morgan fingerprint density at radius 2 is 2.19 bits per heavy atom. The molecule has 5 nitrogen and oxygen atoms in total. The van der Waals surface area contributed by atoms with Gasteiger partial charge in [-0.25, -0.2) is 18.1 Å². The molecule has 0 saturated heterocycles. The van der Waals surface area contributed by atoms with E-state index in [9.17, 15) is 8.42 Å². The van der Waals surface area contributed by atoms with Crippen molar-refractivity contribution in [3.63, 3.8) is 0 Å². The number of benzene rings is 1. The summed E-state index contributed by atoms with van der Waals surface area (Å²) in [6.07, 6.45) is 1.69. The molecule has 0 aliphatic carbocycles. The third kappa shape index (κ3) is 3.60. The first-order chi connectivity index (χ1) is 9.83. The summed E-state index contributed by atoms with van der Waals surface area (Å²) in [6.45, 7) is 3.62. The minimum absolute atomic E-state index is 0.0177. The zero-order chi connectivity index (χ0) is 15.6. The third-order valence-electron chi connectivity index (χ3n) is 2.69. The normalized spacial score (nSPS) is 12.9. The van der Waals surface area contributed by atoms with Crippen LogP contribution in [0, 0.1) is 18.3 Å². The van der Waals surface area contributed by atoms with E-state index in [1.807, 2.05) is 13.0 Å². The van der Waals surface area contributed by atoms with Crippen LogP contribution in [0.25, 0.3) is 0 Å². The van der Waals surface area contributed by atoms with Gasteiger partial charge in [-0.3, -0.25) is 0 Å². The molecule has 1 heterocycles. The quantitative estimate of drug-likeness (QED) is 0.926. The summed E-state index contributed by atoms with van der Waals surface area (Å²) in [4.78, 5) is 5.11. The number of nitriles is 1. The van der Waals surface area contributed by atoms with Gasteiger partial charge in [0.05, 0.1) is 22.7 Å². The van der Waals surface area contributed by atoms with Crippen LogP contribution in [-0.4, -0.2) is 13.4 Å². The second-order valence-corrected chi connectivity index (χ2v) is 7.77. The average Bonchev–Trinajstić information content (AvgIpc) is 2.84. The average molecular weight is 342 g/mol. The lowest BCUT2D eigenvalue weighted by Crippen LogP contribution is -2.27. The van der Waals surface area contributed by atoms with E-state index in [-0.39, 0.29) is 9.92 Å². The van der Waals surface area contributed by atoms with Crippen molar-refractivity contribution in [2.45, 2.75) is 24.8 Å². The Morgan fingerprint density at radius 3 is 2.71 bits per heavy atom. The first kappa shape index (κ1) is 15.9. The van der Waals surface area contributed by atoms with Crippen molar-refractivity contribution in [2.24, 2.45) is 0 Å². The molecule has 0 amide bonds. The van der Waals surface area contributed by atoms with Crippen LogP contribution in [0.15, 0.2) is 29.3 Å². The maximum Gasteiger partial charge on any atom is 0.242 e. The lowest BCUT2D eigenvalue weighted by Gasteiger charge is -2.13. The minimum atomic E-state index is -3.78. The highest BCUT2D eigenvalue weighted by atomic mass is 35.5. The van der Waals surface area contributed by atoms with Crippen molar-refractivity contribution >= 4 is 33.0 Å². The van der Waals surface area contributed by atoms with Crippen LogP contribution in [0.1, 0.15) is 28.4 Å². The minimum Gasteiger partial charge on any atom is -0.248 e. The van der Waals surface area contributed by atoms with Crippen molar-refractivity contribution in [1.82, 2.24) is 9.71 Å². The predicted molar refractivity (Wildman–Crippen MR) is 81.8 cm³/mol. The van der Waals surface area contributed by atoms with E-state index in [4.69, 9.17) is 16.9 Å². The molecule has 0 saturated carbocycles. The second kappa shape index (κ2) is 6.12. The van der Waals surface area contributed by atoms with Crippen molar-refractivity contribution in [1.29, 1.82) is 5.26 Å². The molecule has 1 atom stereocenters. The monoisotopic (exact) mass is 341 g/mol. The highest BCUT2D eigenvalue weighted by Crippen LogP contribution is 2.25. The van der Waals surface area contributed by atoms with Crippen LogP contribution in [-0.2, 0) is 10.0 Å². The van der Waals surface area contributed by atoms with E-state index in [2.05, 4.69) is 9.71 Å². The summed E-state index contributed by atoms with van der Waals surface area (Å²) in [6, 6.07) is 5.52. The number of rotatable bonds is 4. The molecule has 0 spiro atoms. The van der Waals surface area contributed by atoms with Gasteiger partial charge in [0.25, 0.3) is 0 Å². The van der Waals surface area contributed by atoms with Gasteiger partial charge >= 0.3 is 0 Å². The second-order valence-electron chi connectivity index (χ2n) is 4.41. The zero-order valence-corrected chi connectivity index (χ0v) is 13.7. The largest absolute Gasteiger partial charge is 0.248 e. The molecule has 1 N–H and O–H groups in total. The van der Waals surface area contributed by atoms with Gasteiger partial charge in [-0.15, -0.1) is 11.3 Å². The number of thiazole rings is 1. The Hall–Kier alpha value is -1.46. The van der Waals surface area contributed by atoms with Crippen LogP contribution >= 0.6 is 22.9 Å². The van der Waals surface area contributed by atoms with Crippen LogP contribution in [0.3, 0.4) is 0 Å². The van der Waals surface area contributed by atoms with Crippen LogP contribution in [0.2, 0.25) is 5.02 Å². The smallest absolute Gasteiger partial charge is 0.242 e. The fourth-order valence-corrected chi connectivity index (χ4v) is 4.31. The van der Waals surface area contributed by atoms with E-state index in [0.717, 1.165) is 4.88 Å². The molecule has 0 aliphatic heterocycles. The third-order valence-corrected chi connectivity index (χ3v) is 5.81. The summed E-state index contributed by atoms with van der Waals surface area (Å²) in [7, 11) is -3.78. The van der Waals surface area contributed by atoms with E-state index in [1.165, 1.54) is 29.5 Å². The van der Waals surface area contributed by atoms with Crippen molar-refractivity contribution in [3.05, 3.63) is 44.9 Å². The molecular weight excluding hydrogens is 330 g/mol. The molecule has 1 aromatic heterocycles. The number of aromatic nitrogens is 1. The maximum absolute atomic E-state index is 12.3. The number of nitrogens with one attached hydrogen (secondary N) is 1. The Bertz CT molecular complexity index is 809. The van der Waals surface area contributed by atoms with Gasteiger partial charge in [0.1, 0.15) is 9.90 Å².